The van der Waals surface area contributed by atoms with Gasteiger partial charge in [0.15, 0.2) is 0 Å². The summed E-state index contributed by atoms with van der Waals surface area (Å²) in [6.45, 7) is 12.8. The Morgan fingerprint density at radius 1 is 1.47 bits per heavy atom. The molecule has 0 aliphatic carbocycles. The van der Waals surface area contributed by atoms with Crippen LogP contribution < -0.4 is 5.32 Å². The third-order valence-electron chi connectivity index (χ3n) is 4.26. The minimum absolute atomic E-state index is 0.304. The molecule has 0 aromatic carbocycles. The van der Waals surface area contributed by atoms with Gasteiger partial charge in [-0.05, 0) is 54.3 Å². The fraction of sp³-hybridized carbons (Fsp3) is 1.00. The van der Waals surface area contributed by atoms with Crippen LogP contribution >= 0.6 is 0 Å². The Labute approximate surface area is 108 Å². The van der Waals surface area contributed by atoms with Crippen molar-refractivity contribution in [2.24, 2.45) is 0 Å². The molecule has 17 heavy (non-hydrogen) atoms. The molecule has 3 atom stereocenters. The van der Waals surface area contributed by atoms with Crippen LogP contribution in [0.2, 0.25) is 0 Å². The highest BCUT2D eigenvalue weighted by Gasteiger charge is 2.34. The maximum Gasteiger partial charge on any atom is 0.0278 e. The Morgan fingerprint density at radius 3 is 2.65 bits per heavy atom. The zero-order valence-electron chi connectivity index (χ0n) is 12.6. The van der Waals surface area contributed by atoms with Gasteiger partial charge in [0.25, 0.3) is 0 Å². The van der Waals surface area contributed by atoms with Crippen molar-refractivity contribution in [3.05, 3.63) is 0 Å². The summed E-state index contributed by atoms with van der Waals surface area (Å²) in [5, 5.41) is 3.69. The predicted octanol–water partition coefficient (Wildman–Crippen LogP) is 1.79. The molecule has 3 unspecified atom stereocenters. The first-order valence-corrected chi connectivity index (χ1v) is 7.03. The van der Waals surface area contributed by atoms with Gasteiger partial charge in [-0.15, -0.1) is 0 Å². The average molecular weight is 241 g/mol. The van der Waals surface area contributed by atoms with Crippen LogP contribution in [-0.2, 0) is 0 Å². The van der Waals surface area contributed by atoms with Crippen molar-refractivity contribution in [3.8, 4) is 0 Å². The molecule has 1 rings (SSSR count). The van der Waals surface area contributed by atoms with Crippen LogP contribution in [0.3, 0.4) is 0 Å². The third kappa shape index (κ3) is 4.23. The smallest absolute Gasteiger partial charge is 0.0278 e. The van der Waals surface area contributed by atoms with Crippen molar-refractivity contribution >= 4 is 0 Å². The Bertz CT molecular complexity index is 230. The summed E-state index contributed by atoms with van der Waals surface area (Å²) >= 11 is 0. The number of hydrogen-bond acceptors (Lipinski definition) is 3. The molecule has 3 heteroatoms. The zero-order valence-corrected chi connectivity index (χ0v) is 12.6. The molecule has 0 saturated carbocycles. The molecule has 0 radical (unpaired) electrons. The Morgan fingerprint density at radius 2 is 2.12 bits per heavy atom. The van der Waals surface area contributed by atoms with E-state index in [-0.39, 0.29) is 0 Å². The van der Waals surface area contributed by atoms with E-state index in [0.717, 1.165) is 6.54 Å². The van der Waals surface area contributed by atoms with Crippen molar-refractivity contribution in [2.45, 2.75) is 58.2 Å². The van der Waals surface area contributed by atoms with Crippen LogP contribution in [0, 0.1) is 0 Å². The fourth-order valence-electron chi connectivity index (χ4n) is 2.56. The summed E-state index contributed by atoms with van der Waals surface area (Å²) in [4.78, 5) is 4.96. The van der Waals surface area contributed by atoms with Crippen molar-refractivity contribution in [1.29, 1.82) is 0 Å². The lowest BCUT2D eigenvalue weighted by Crippen LogP contribution is -2.63. The summed E-state index contributed by atoms with van der Waals surface area (Å²) in [6, 6.07) is 1.34. The number of rotatable bonds is 5. The number of nitrogens with zero attached hydrogens (tertiary/aromatic N) is 2. The van der Waals surface area contributed by atoms with E-state index in [1.54, 1.807) is 0 Å². The van der Waals surface area contributed by atoms with Gasteiger partial charge in [-0.1, -0.05) is 6.92 Å². The van der Waals surface area contributed by atoms with Gasteiger partial charge in [0.2, 0.25) is 0 Å². The van der Waals surface area contributed by atoms with Crippen molar-refractivity contribution in [2.75, 3.05) is 33.7 Å². The topological polar surface area (TPSA) is 18.5 Å². The molecule has 0 bridgehead atoms. The van der Waals surface area contributed by atoms with E-state index in [9.17, 15) is 0 Å². The second-order valence-electron chi connectivity index (χ2n) is 6.26. The Kier molecular flexibility index (Phi) is 5.42. The highest BCUT2D eigenvalue weighted by atomic mass is 15.3. The lowest BCUT2D eigenvalue weighted by Gasteiger charge is -2.47. The van der Waals surface area contributed by atoms with E-state index in [4.69, 9.17) is 0 Å². The molecule has 102 valence electrons. The standard InChI is InChI=1S/C14H31N3/c1-7-14(4)11-17(13(3)10-15-14)12(2)8-9-16(5)6/h12-13,15H,7-11H2,1-6H3. The Hall–Kier alpha value is -0.120. The van der Waals surface area contributed by atoms with E-state index >= 15 is 0 Å². The maximum absolute atomic E-state index is 3.69. The first kappa shape index (κ1) is 14.9. The van der Waals surface area contributed by atoms with Crippen LogP contribution in [0.4, 0.5) is 0 Å². The summed E-state index contributed by atoms with van der Waals surface area (Å²) in [5.41, 5.74) is 0.304. The molecule has 0 aromatic rings. The highest BCUT2D eigenvalue weighted by molar-refractivity contribution is 4.94. The number of piperazine rings is 1. The van der Waals surface area contributed by atoms with Crippen LogP contribution in [0.5, 0.6) is 0 Å². The molecule has 0 amide bonds. The van der Waals surface area contributed by atoms with Gasteiger partial charge < -0.3 is 10.2 Å². The van der Waals surface area contributed by atoms with Crippen molar-refractivity contribution < 1.29 is 0 Å². The lowest BCUT2D eigenvalue weighted by atomic mass is 9.92. The maximum atomic E-state index is 3.69. The van der Waals surface area contributed by atoms with Gasteiger partial charge in [0.05, 0.1) is 0 Å². The minimum atomic E-state index is 0.304. The monoisotopic (exact) mass is 241 g/mol. The summed E-state index contributed by atoms with van der Waals surface area (Å²) < 4.78 is 0. The number of hydrogen-bond donors (Lipinski definition) is 1. The van der Waals surface area contributed by atoms with Crippen LogP contribution in [0.25, 0.3) is 0 Å². The fourth-order valence-corrected chi connectivity index (χ4v) is 2.56. The second-order valence-corrected chi connectivity index (χ2v) is 6.26. The molecule has 0 spiro atoms. The van der Waals surface area contributed by atoms with Crippen LogP contribution in [0.1, 0.15) is 40.5 Å². The average Bonchev–Trinajstić information content (AvgIpc) is 2.29. The minimum Gasteiger partial charge on any atom is -0.309 e. The number of nitrogens with one attached hydrogen (secondary N) is 1. The zero-order chi connectivity index (χ0) is 13.1. The largest absolute Gasteiger partial charge is 0.309 e. The molecule has 0 aromatic heterocycles. The normalized spacial score (nSPS) is 33.0. The second kappa shape index (κ2) is 6.17. The van der Waals surface area contributed by atoms with E-state index in [0.29, 0.717) is 17.6 Å². The van der Waals surface area contributed by atoms with Gasteiger partial charge in [0, 0.05) is 30.7 Å². The molecule has 1 aliphatic heterocycles. The Balaban J connectivity index is 2.54. The summed E-state index contributed by atoms with van der Waals surface area (Å²) in [7, 11) is 4.31. The first-order chi connectivity index (χ1) is 7.88. The van der Waals surface area contributed by atoms with Crippen molar-refractivity contribution in [1.82, 2.24) is 15.1 Å². The SMILES string of the molecule is CCC1(C)CN(C(C)CCN(C)C)C(C)CN1. The summed E-state index contributed by atoms with van der Waals surface area (Å²) in [6.07, 6.45) is 2.47. The van der Waals surface area contributed by atoms with Crippen molar-refractivity contribution in [3.63, 3.8) is 0 Å². The highest BCUT2D eigenvalue weighted by Crippen LogP contribution is 2.21. The third-order valence-corrected chi connectivity index (χ3v) is 4.26. The predicted molar refractivity (Wildman–Crippen MR) is 75.5 cm³/mol. The first-order valence-electron chi connectivity index (χ1n) is 7.03. The van der Waals surface area contributed by atoms with Gasteiger partial charge in [-0.2, -0.15) is 0 Å². The van der Waals surface area contributed by atoms with Gasteiger partial charge >= 0.3 is 0 Å². The molecular formula is C14H31N3. The van der Waals surface area contributed by atoms with E-state index < -0.39 is 0 Å². The van der Waals surface area contributed by atoms with E-state index in [1.165, 1.54) is 25.9 Å². The van der Waals surface area contributed by atoms with Crippen LogP contribution in [0.15, 0.2) is 0 Å². The van der Waals surface area contributed by atoms with Crippen LogP contribution in [-0.4, -0.2) is 61.2 Å². The molecule has 1 N–H and O–H groups in total. The van der Waals surface area contributed by atoms with Gasteiger partial charge in [0.1, 0.15) is 0 Å². The van der Waals surface area contributed by atoms with Gasteiger partial charge in [-0.25, -0.2) is 0 Å². The molecule has 1 aliphatic rings. The van der Waals surface area contributed by atoms with E-state index in [1.807, 2.05) is 0 Å². The molecule has 1 saturated heterocycles. The molecule has 1 heterocycles. The van der Waals surface area contributed by atoms with Gasteiger partial charge in [-0.3, -0.25) is 4.90 Å². The molecule has 3 nitrogen and oxygen atoms in total. The molecule has 1 fully saturated rings. The quantitative estimate of drug-likeness (QED) is 0.792. The van der Waals surface area contributed by atoms with E-state index in [2.05, 4.69) is 56.9 Å². The molecular weight excluding hydrogens is 210 g/mol. The lowest BCUT2D eigenvalue weighted by molar-refractivity contribution is 0.0542. The summed E-state index contributed by atoms with van der Waals surface area (Å²) in [5.74, 6) is 0.